The molecule has 9 atom stereocenters. The van der Waals surface area contributed by atoms with Crippen molar-refractivity contribution in [1.29, 1.82) is 0 Å². The maximum absolute atomic E-state index is 14.3. The van der Waals surface area contributed by atoms with Crippen LogP contribution in [0.15, 0.2) is 41.1 Å². The van der Waals surface area contributed by atoms with Crippen molar-refractivity contribution in [2.75, 3.05) is 0 Å². The molecule has 2 fully saturated rings. The smallest absolute Gasteiger partial charge is 0.348 e. The summed E-state index contributed by atoms with van der Waals surface area (Å²) >= 11 is 3.17. The van der Waals surface area contributed by atoms with E-state index in [2.05, 4.69) is 41.5 Å². The Bertz CT molecular complexity index is 1200. The molecule has 0 saturated heterocycles. The highest BCUT2D eigenvalue weighted by Gasteiger charge is 2.49. The van der Waals surface area contributed by atoms with Gasteiger partial charge in [-0.1, -0.05) is 66.5 Å². The van der Waals surface area contributed by atoms with Crippen LogP contribution < -0.4 is 0 Å². The van der Waals surface area contributed by atoms with Gasteiger partial charge in [0.2, 0.25) is 6.10 Å². The zero-order valence-corrected chi connectivity index (χ0v) is 27.6. The van der Waals surface area contributed by atoms with Crippen molar-refractivity contribution in [3.05, 3.63) is 50.9 Å². The van der Waals surface area contributed by atoms with E-state index in [0.717, 1.165) is 48.3 Å². The lowest BCUT2D eigenvalue weighted by Crippen LogP contribution is -2.48. The second kappa shape index (κ2) is 13.7. The fourth-order valence-electron chi connectivity index (χ4n) is 7.41. The predicted molar refractivity (Wildman–Crippen MR) is 170 cm³/mol. The number of hydrogen-bond donors (Lipinski definition) is 0. The standard InChI is InChI=1S/C35H48O5S2/c1-20(2)24-13-11-22(5)17-27(24)39-34(36)32-26(30-9-7-15-41-30)19-29(31-10-8-16-42-31)38-33(32)35(37)40-28-18-23(6)12-14-25(28)21(3)4/h7-10,15-16,19-28,32-33H,11-14,17-18H2,1-6H3/t22-,23-,24+,25+,26+,27-,28-,32-,33+/m1/s1. The van der Waals surface area contributed by atoms with Gasteiger partial charge in [-0.15, -0.1) is 22.7 Å². The lowest BCUT2D eigenvalue weighted by atomic mass is 9.75. The molecule has 1 aliphatic heterocycles. The molecule has 2 saturated carbocycles. The minimum absolute atomic E-state index is 0.158. The van der Waals surface area contributed by atoms with Crippen molar-refractivity contribution in [2.45, 2.75) is 104 Å². The highest BCUT2D eigenvalue weighted by molar-refractivity contribution is 7.11. The molecule has 3 aliphatic rings. The number of rotatable bonds is 8. The van der Waals surface area contributed by atoms with E-state index in [-0.39, 0.29) is 24.1 Å². The zero-order valence-electron chi connectivity index (χ0n) is 26.0. The molecule has 0 bridgehead atoms. The average molecular weight is 613 g/mol. The molecule has 0 spiro atoms. The first-order valence-electron chi connectivity index (χ1n) is 16.0. The van der Waals surface area contributed by atoms with E-state index in [4.69, 9.17) is 14.2 Å². The number of carbonyl (C=O) groups is 2. The number of allylic oxidation sites excluding steroid dienone is 1. The Morgan fingerprint density at radius 3 is 1.90 bits per heavy atom. The molecule has 2 aliphatic carbocycles. The third-order valence-electron chi connectivity index (χ3n) is 9.90. The number of ether oxygens (including phenoxy) is 3. The van der Waals surface area contributed by atoms with Gasteiger partial charge < -0.3 is 14.2 Å². The quantitative estimate of drug-likeness (QED) is 0.279. The van der Waals surface area contributed by atoms with Crippen LogP contribution in [0, 0.1) is 41.4 Å². The van der Waals surface area contributed by atoms with E-state index in [1.165, 1.54) is 0 Å². The lowest BCUT2D eigenvalue weighted by molar-refractivity contribution is -0.180. The van der Waals surface area contributed by atoms with Gasteiger partial charge >= 0.3 is 11.9 Å². The third-order valence-corrected chi connectivity index (χ3v) is 11.8. The first-order chi connectivity index (χ1) is 20.1. The SMILES string of the molecule is CC(C)[C@@H]1CC[C@@H](C)C[C@H]1OC(=O)[C@H]1[C@@H](C(=O)O[C@@H]2C[C@H](C)CC[C@H]2C(C)C)OC(c2cccs2)=C[C@H]1c1cccs1. The van der Waals surface area contributed by atoms with Crippen molar-refractivity contribution >= 4 is 40.4 Å². The van der Waals surface area contributed by atoms with E-state index in [9.17, 15) is 9.59 Å². The molecule has 5 nitrogen and oxygen atoms in total. The van der Waals surface area contributed by atoms with E-state index >= 15 is 0 Å². The zero-order chi connectivity index (χ0) is 30.0. The van der Waals surface area contributed by atoms with Gasteiger partial charge in [0.05, 0.1) is 4.88 Å². The predicted octanol–water partition coefficient (Wildman–Crippen LogP) is 8.96. The van der Waals surface area contributed by atoms with E-state index in [0.29, 0.717) is 41.3 Å². The Balaban J connectivity index is 1.49. The normalized spacial score (nSPS) is 33.6. The summed E-state index contributed by atoms with van der Waals surface area (Å²) in [4.78, 5) is 30.5. The first-order valence-corrected chi connectivity index (χ1v) is 17.7. The summed E-state index contributed by atoms with van der Waals surface area (Å²) in [5, 5.41) is 4.02. The summed E-state index contributed by atoms with van der Waals surface area (Å²) in [6, 6.07) is 8.02. The van der Waals surface area contributed by atoms with Crippen molar-refractivity contribution in [2.24, 2.45) is 41.4 Å². The van der Waals surface area contributed by atoms with Gasteiger partial charge in [0, 0.05) is 10.8 Å². The van der Waals surface area contributed by atoms with Crippen LogP contribution in [0.3, 0.4) is 0 Å². The summed E-state index contributed by atoms with van der Waals surface area (Å²) in [5.41, 5.74) is 0. The van der Waals surface area contributed by atoms with Gasteiger partial charge in [-0.2, -0.15) is 0 Å². The van der Waals surface area contributed by atoms with Crippen LogP contribution in [0.25, 0.3) is 5.76 Å². The molecule has 42 heavy (non-hydrogen) atoms. The molecule has 0 radical (unpaired) electrons. The average Bonchev–Trinajstić information content (AvgIpc) is 3.67. The Morgan fingerprint density at radius 2 is 1.38 bits per heavy atom. The van der Waals surface area contributed by atoms with Crippen LogP contribution in [0.5, 0.6) is 0 Å². The maximum atomic E-state index is 14.3. The first kappa shape index (κ1) is 31.3. The van der Waals surface area contributed by atoms with Crippen LogP contribution in [-0.2, 0) is 23.8 Å². The monoisotopic (exact) mass is 612 g/mol. The second-order valence-electron chi connectivity index (χ2n) is 13.7. The maximum Gasteiger partial charge on any atom is 0.348 e. The minimum Gasteiger partial charge on any atom is -0.477 e. The Labute approximate surface area is 260 Å². The summed E-state index contributed by atoms with van der Waals surface area (Å²) in [6.07, 6.45) is 6.71. The number of hydrogen-bond acceptors (Lipinski definition) is 7. The number of carbonyl (C=O) groups excluding carboxylic acids is 2. The molecular formula is C35H48O5S2. The summed E-state index contributed by atoms with van der Waals surface area (Å²) < 4.78 is 19.3. The fraction of sp³-hybridized carbons (Fsp3) is 0.657. The van der Waals surface area contributed by atoms with Gasteiger partial charge in [-0.3, -0.25) is 4.79 Å². The molecular weight excluding hydrogens is 565 g/mol. The van der Waals surface area contributed by atoms with Crippen molar-refractivity contribution in [3.63, 3.8) is 0 Å². The van der Waals surface area contributed by atoms with Crippen molar-refractivity contribution in [1.82, 2.24) is 0 Å². The minimum atomic E-state index is -1.07. The molecule has 0 N–H and O–H groups in total. The third kappa shape index (κ3) is 6.99. The van der Waals surface area contributed by atoms with E-state index < -0.39 is 18.0 Å². The molecule has 7 heteroatoms. The summed E-state index contributed by atoms with van der Waals surface area (Å²) in [7, 11) is 0. The summed E-state index contributed by atoms with van der Waals surface area (Å²) in [6.45, 7) is 13.3. The highest BCUT2D eigenvalue weighted by atomic mass is 32.1. The Morgan fingerprint density at radius 1 is 0.810 bits per heavy atom. The van der Waals surface area contributed by atoms with E-state index in [1.54, 1.807) is 22.7 Å². The molecule has 230 valence electrons. The fourth-order valence-corrected chi connectivity index (χ4v) is 8.95. The molecule has 0 unspecified atom stereocenters. The van der Waals surface area contributed by atoms with E-state index in [1.807, 2.05) is 41.1 Å². The van der Waals surface area contributed by atoms with Gasteiger partial charge in [0.1, 0.15) is 23.9 Å². The Hall–Kier alpha value is -2.12. The molecule has 2 aromatic rings. The highest BCUT2D eigenvalue weighted by Crippen LogP contribution is 2.45. The van der Waals surface area contributed by atoms with Gasteiger partial charge in [-0.25, -0.2) is 4.79 Å². The van der Waals surface area contributed by atoms with Gasteiger partial charge in [-0.05, 0) is 90.2 Å². The van der Waals surface area contributed by atoms with Crippen LogP contribution in [-0.4, -0.2) is 30.3 Å². The topological polar surface area (TPSA) is 61.8 Å². The lowest BCUT2D eigenvalue weighted by Gasteiger charge is -2.41. The number of esters is 2. The van der Waals surface area contributed by atoms with Crippen LogP contribution in [0.4, 0.5) is 0 Å². The van der Waals surface area contributed by atoms with Gasteiger partial charge in [0.25, 0.3) is 0 Å². The van der Waals surface area contributed by atoms with Crippen LogP contribution in [0.1, 0.15) is 95.7 Å². The Kier molecular flexibility index (Phi) is 10.2. The van der Waals surface area contributed by atoms with Crippen LogP contribution in [0.2, 0.25) is 0 Å². The largest absolute Gasteiger partial charge is 0.477 e. The molecule has 0 aromatic carbocycles. The summed E-state index contributed by atoms with van der Waals surface area (Å²) in [5.74, 6) is 1.12. The molecule has 0 amide bonds. The molecule has 2 aromatic heterocycles. The van der Waals surface area contributed by atoms with Crippen molar-refractivity contribution < 1.29 is 23.8 Å². The van der Waals surface area contributed by atoms with Crippen LogP contribution >= 0.6 is 22.7 Å². The number of thiophene rings is 2. The molecule has 5 rings (SSSR count). The van der Waals surface area contributed by atoms with Crippen molar-refractivity contribution in [3.8, 4) is 0 Å². The molecule has 3 heterocycles. The van der Waals surface area contributed by atoms with Gasteiger partial charge in [0.15, 0.2) is 0 Å². The second-order valence-corrected chi connectivity index (χ2v) is 15.6.